The highest BCUT2D eigenvalue weighted by Gasteiger charge is 2.19. The molecule has 1 heterocycles. The van der Waals surface area contributed by atoms with E-state index >= 15 is 0 Å². The van der Waals surface area contributed by atoms with Crippen molar-refractivity contribution in [1.82, 2.24) is 10.3 Å². The SMILES string of the molecule is CNC(=O)/C(=N\OC)c1cccnc1Oc1ccccc1. The first-order valence-electron chi connectivity index (χ1n) is 6.27. The van der Waals surface area contributed by atoms with Crippen LogP contribution in [-0.4, -0.2) is 30.8 Å². The number of nitrogens with one attached hydrogen (secondary N) is 1. The number of carbonyl (C=O) groups excluding carboxylic acids is 1. The lowest BCUT2D eigenvalue weighted by Gasteiger charge is -2.10. The number of amides is 1. The first-order chi connectivity index (χ1) is 10.3. The van der Waals surface area contributed by atoms with Gasteiger partial charge >= 0.3 is 0 Å². The maximum Gasteiger partial charge on any atom is 0.273 e. The van der Waals surface area contributed by atoms with E-state index < -0.39 is 0 Å². The molecule has 0 spiro atoms. The summed E-state index contributed by atoms with van der Waals surface area (Å²) in [5.41, 5.74) is 0.543. The number of benzene rings is 1. The molecule has 6 heteroatoms. The van der Waals surface area contributed by atoms with Crippen LogP contribution in [0.25, 0.3) is 0 Å². The van der Waals surface area contributed by atoms with Gasteiger partial charge in [-0.2, -0.15) is 0 Å². The van der Waals surface area contributed by atoms with E-state index in [0.29, 0.717) is 11.3 Å². The largest absolute Gasteiger partial charge is 0.438 e. The number of hydrogen-bond acceptors (Lipinski definition) is 5. The number of carbonyl (C=O) groups is 1. The van der Waals surface area contributed by atoms with E-state index in [-0.39, 0.29) is 17.5 Å². The molecule has 21 heavy (non-hydrogen) atoms. The zero-order valence-electron chi connectivity index (χ0n) is 11.7. The summed E-state index contributed by atoms with van der Waals surface area (Å²) in [5, 5.41) is 6.26. The topological polar surface area (TPSA) is 72.8 Å². The summed E-state index contributed by atoms with van der Waals surface area (Å²) in [6.07, 6.45) is 1.58. The fraction of sp³-hybridized carbons (Fsp3) is 0.133. The van der Waals surface area contributed by atoms with Crippen LogP contribution in [0.1, 0.15) is 5.56 Å². The van der Waals surface area contributed by atoms with E-state index in [2.05, 4.69) is 15.5 Å². The van der Waals surface area contributed by atoms with Crippen LogP contribution in [0.15, 0.2) is 53.8 Å². The zero-order chi connectivity index (χ0) is 15.1. The molecule has 0 bridgehead atoms. The molecule has 0 aliphatic rings. The maximum absolute atomic E-state index is 11.9. The molecule has 108 valence electrons. The van der Waals surface area contributed by atoms with Crippen LogP contribution in [0.4, 0.5) is 0 Å². The van der Waals surface area contributed by atoms with Gasteiger partial charge in [0.2, 0.25) is 5.88 Å². The lowest BCUT2D eigenvalue weighted by Crippen LogP contribution is -2.29. The standard InChI is InChI=1S/C15H15N3O3/c1-16-14(19)13(18-20-2)12-9-6-10-17-15(12)21-11-7-4-3-5-8-11/h3-10H,1-2H3,(H,16,19)/b18-13-. The average Bonchev–Trinajstić information content (AvgIpc) is 2.54. The molecule has 2 rings (SSSR count). The lowest BCUT2D eigenvalue weighted by atomic mass is 10.1. The molecule has 0 saturated carbocycles. The quantitative estimate of drug-likeness (QED) is 0.673. The number of nitrogens with zero attached hydrogens (tertiary/aromatic N) is 2. The minimum absolute atomic E-state index is 0.0963. The van der Waals surface area contributed by atoms with E-state index in [4.69, 9.17) is 9.57 Å². The predicted molar refractivity (Wildman–Crippen MR) is 78.4 cm³/mol. The lowest BCUT2D eigenvalue weighted by molar-refractivity contribution is -0.114. The maximum atomic E-state index is 11.9. The van der Waals surface area contributed by atoms with Gasteiger partial charge in [0.05, 0.1) is 5.56 Å². The Morgan fingerprint density at radius 1 is 1.19 bits per heavy atom. The third-order valence-corrected chi connectivity index (χ3v) is 2.61. The summed E-state index contributed by atoms with van der Waals surface area (Å²) in [7, 11) is 2.89. The molecule has 0 aliphatic heterocycles. The Morgan fingerprint density at radius 3 is 2.62 bits per heavy atom. The van der Waals surface area contributed by atoms with Crippen molar-refractivity contribution in [2.45, 2.75) is 0 Å². The molecule has 1 amide bonds. The van der Waals surface area contributed by atoms with Crippen molar-refractivity contribution in [2.75, 3.05) is 14.2 Å². The fourth-order valence-electron chi connectivity index (χ4n) is 1.68. The van der Waals surface area contributed by atoms with E-state index in [9.17, 15) is 4.79 Å². The number of pyridine rings is 1. The first kappa shape index (κ1) is 14.5. The molecule has 1 aromatic carbocycles. The van der Waals surface area contributed by atoms with Gasteiger partial charge in [0.25, 0.3) is 5.91 Å². The molecule has 0 fully saturated rings. The van der Waals surface area contributed by atoms with Gasteiger partial charge in [-0.25, -0.2) is 4.98 Å². The molecule has 0 aliphatic carbocycles. The second kappa shape index (κ2) is 7.04. The number of oxime groups is 1. The Kier molecular flexibility index (Phi) is 4.87. The van der Waals surface area contributed by atoms with Crippen molar-refractivity contribution < 1.29 is 14.4 Å². The van der Waals surface area contributed by atoms with Crippen molar-refractivity contribution in [2.24, 2.45) is 5.16 Å². The van der Waals surface area contributed by atoms with Gasteiger partial charge in [-0.3, -0.25) is 4.79 Å². The summed E-state index contributed by atoms with van der Waals surface area (Å²) in [6, 6.07) is 12.6. The molecule has 1 N–H and O–H groups in total. The molecular weight excluding hydrogens is 270 g/mol. The highest BCUT2D eigenvalue weighted by atomic mass is 16.6. The molecule has 6 nitrogen and oxygen atoms in total. The van der Waals surface area contributed by atoms with Gasteiger partial charge < -0.3 is 14.9 Å². The summed E-state index contributed by atoms with van der Waals surface area (Å²) in [5.74, 6) is 0.511. The van der Waals surface area contributed by atoms with Crippen molar-refractivity contribution >= 4 is 11.6 Å². The second-order valence-corrected chi connectivity index (χ2v) is 3.97. The zero-order valence-corrected chi connectivity index (χ0v) is 11.7. The Balaban J connectivity index is 2.40. The summed E-state index contributed by atoms with van der Waals surface area (Å²) >= 11 is 0. The van der Waals surface area contributed by atoms with Crippen LogP contribution in [0.3, 0.4) is 0 Å². The second-order valence-electron chi connectivity index (χ2n) is 3.97. The Bertz CT molecular complexity index is 642. The van der Waals surface area contributed by atoms with Gasteiger partial charge in [-0.15, -0.1) is 0 Å². The highest BCUT2D eigenvalue weighted by molar-refractivity contribution is 6.45. The minimum atomic E-state index is -0.386. The number of aromatic nitrogens is 1. The number of ether oxygens (including phenoxy) is 1. The van der Waals surface area contributed by atoms with Crippen LogP contribution in [0, 0.1) is 0 Å². The molecule has 2 aromatic rings. The third kappa shape index (κ3) is 3.56. The first-order valence-corrected chi connectivity index (χ1v) is 6.27. The van der Waals surface area contributed by atoms with E-state index in [1.807, 2.05) is 18.2 Å². The number of para-hydroxylation sites is 1. The van der Waals surface area contributed by atoms with Gasteiger partial charge in [-0.05, 0) is 24.3 Å². The fourth-order valence-corrected chi connectivity index (χ4v) is 1.68. The van der Waals surface area contributed by atoms with Crippen LogP contribution in [0.5, 0.6) is 11.6 Å². The third-order valence-electron chi connectivity index (χ3n) is 2.61. The Morgan fingerprint density at radius 2 is 1.95 bits per heavy atom. The molecule has 0 atom stereocenters. The van der Waals surface area contributed by atoms with Crippen molar-refractivity contribution in [1.29, 1.82) is 0 Å². The summed E-state index contributed by atoms with van der Waals surface area (Å²) < 4.78 is 5.70. The van der Waals surface area contributed by atoms with Crippen LogP contribution in [-0.2, 0) is 9.63 Å². The van der Waals surface area contributed by atoms with E-state index in [1.54, 1.807) is 30.5 Å². The van der Waals surface area contributed by atoms with Crippen molar-refractivity contribution in [3.8, 4) is 11.6 Å². The number of likely N-dealkylation sites (N-methyl/N-ethyl adjacent to an activating group) is 1. The van der Waals surface area contributed by atoms with Crippen LogP contribution < -0.4 is 10.1 Å². The molecular formula is C15H15N3O3. The molecule has 0 radical (unpaired) electrons. The van der Waals surface area contributed by atoms with Gasteiger partial charge in [0.1, 0.15) is 12.9 Å². The molecule has 1 aromatic heterocycles. The highest BCUT2D eigenvalue weighted by Crippen LogP contribution is 2.23. The van der Waals surface area contributed by atoms with Gasteiger partial charge in [0.15, 0.2) is 5.71 Å². The Hall–Kier alpha value is -2.89. The predicted octanol–water partition coefficient (Wildman–Crippen LogP) is 1.97. The minimum Gasteiger partial charge on any atom is -0.438 e. The van der Waals surface area contributed by atoms with Gasteiger partial charge in [-0.1, -0.05) is 23.4 Å². The summed E-state index contributed by atoms with van der Waals surface area (Å²) in [4.78, 5) is 20.8. The smallest absolute Gasteiger partial charge is 0.273 e. The van der Waals surface area contributed by atoms with E-state index in [1.165, 1.54) is 14.2 Å². The number of rotatable bonds is 5. The Labute approximate surface area is 122 Å². The van der Waals surface area contributed by atoms with E-state index in [0.717, 1.165) is 0 Å². The normalized spacial score (nSPS) is 10.9. The average molecular weight is 285 g/mol. The molecule has 0 unspecified atom stereocenters. The number of hydrogen-bond donors (Lipinski definition) is 1. The summed E-state index contributed by atoms with van der Waals surface area (Å²) in [6.45, 7) is 0. The van der Waals surface area contributed by atoms with Gasteiger partial charge in [0, 0.05) is 13.2 Å². The van der Waals surface area contributed by atoms with Crippen molar-refractivity contribution in [3.05, 3.63) is 54.2 Å². The van der Waals surface area contributed by atoms with Crippen LogP contribution >= 0.6 is 0 Å². The van der Waals surface area contributed by atoms with Crippen molar-refractivity contribution in [3.63, 3.8) is 0 Å². The van der Waals surface area contributed by atoms with Crippen LogP contribution in [0.2, 0.25) is 0 Å². The monoisotopic (exact) mass is 285 g/mol. The molecule has 0 saturated heterocycles.